The fourth-order valence-electron chi connectivity index (χ4n) is 1.75. The molecule has 1 aromatic carbocycles. The molecule has 96 valence electrons. The number of nitrogens with one attached hydrogen (secondary N) is 1. The summed E-state index contributed by atoms with van der Waals surface area (Å²) in [5.41, 5.74) is 1.09. The molecular formula is C13H15ClN2OS. The van der Waals surface area contributed by atoms with Crippen molar-refractivity contribution in [2.24, 2.45) is 0 Å². The summed E-state index contributed by atoms with van der Waals surface area (Å²) >= 11 is 5.88. The van der Waals surface area contributed by atoms with Crippen molar-refractivity contribution in [2.75, 3.05) is 5.75 Å². The molecule has 0 radical (unpaired) electrons. The van der Waals surface area contributed by atoms with Gasteiger partial charge in [-0.15, -0.1) is 0 Å². The molecule has 18 heavy (non-hydrogen) atoms. The van der Waals surface area contributed by atoms with Gasteiger partial charge >= 0.3 is 0 Å². The lowest BCUT2D eigenvalue weighted by Gasteiger charge is -2.13. The van der Waals surface area contributed by atoms with E-state index in [-0.39, 0.29) is 6.04 Å². The summed E-state index contributed by atoms with van der Waals surface area (Å²) in [4.78, 5) is 4.04. The summed E-state index contributed by atoms with van der Waals surface area (Å²) in [6, 6.07) is 7.95. The van der Waals surface area contributed by atoms with Gasteiger partial charge in [0, 0.05) is 23.4 Å². The van der Waals surface area contributed by atoms with Crippen LogP contribution >= 0.6 is 11.6 Å². The zero-order chi connectivity index (χ0) is 13.1. The number of rotatable bonds is 4. The first-order valence-corrected chi connectivity index (χ1v) is 7.49. The lowest BCUT2D eigenvalue weighted by atomic mass is 10.1. The summed E-state index contributed by atoms with van der Waals surface area (Å²) in [6.45, 7) is 3.89. The van der Waals surface area contributed by atoms with Gasteiger partial charge in [0.05, 0.1) is 11.0 Å². The highest BCUT2D eigenvalue weighted by molar-refractivity contribution is 7.82. The zero-order valence-electron chi connectivity index (χ0n) is 10.3. The van der Waals surface area contributed by atoms with Crippen LogP contribution in [0.4, 0.5) is 0 Å². The molecule has 0 saturated carbocycles. The maximum Gasteiger partial charge on any atom is 0.129 e. The van der Waals surface area contributed by atoms with E-state index in [0.29, 0.717) is 10.9 Å². The van der Waals surface area contributed by atoms with Crippen LogP contribution in [0.15, 0.2) is 30.5 Å². The van der Waals surface area contributed by atoms with Gasteiger partial charge in [0.1, 0.15) is 5.15 Å². The smallest absolute Gasteiger partial charge is 0.129 e. The molecule has 5 heteroatoms. The van der Waals surface area contributed by atoms with E-state index < -0.39 is 11.0 Å². The highest BCUT2D eigenvalue weighted by Gasteiger charge is 2.08. The molecule has 1 N–H and O–H groups in total. The second-order valence-corrected chi connectivity index (χ2v) is 5.98. The highest BCUT2D eigenvalue weighted by atomic mass is 35.5. The molecule has 0 aliphatic heterocycles. The standard InChI is InChI=1S/C13H15ClN2OS/c1-3-18(17)16-9(2)10-4-5-11-8-15-13(14)7-12(11)6-10/h4-9,16H,3H2,1-2H3. The predicted molar refractivity (Wildman–Crippen MR) is 77.0 cm³/mol. The Morgan fingerprint density at radius 2 is 2.17 bits per heavy atom. The van der Waals surface area contributed by atoms with Gasteiger partial charge in [-0.2, -0.15) is 0 Å². The molecule has 2 rings (SSSR count). The molecule has 2 atom stereocenters. The van der Waals surface area contributed by atoms with Crippen molar-refractivity contribution in [3.05, 3.63) is 41.2 Å². The van der Waals surface area contributed by atoms with Crippen LogP contribution in [0.3, 0.4) is 0 Å². The molecule has 0 saturated heterocycles. The van der Waals surface area contributed by atoms with E-state index in [1.165, 1.54) is 0 Å². The Bertz CT molecular complexity index is 588. The maximum absolute atomic E-state index is 11.5. The van der Waals surface area contributed by atoms with Crippen LogP contribution < -0.4 is 4.72 Å². The Morgan fingerprint density at radius 1 is 1.39 bits per heavy atom. The predicted octanol–water partition coefficient (Wildman–Crippen LogP) is 3.22. The first-order chi connectivity index (χ1) is 8.60. The second kappa shape index (κ2) is 5.78. The summed E-state index contributed by atoms with van der Waals surface area (Å²) in [6.07, 6.45) is 1.75. The van der Waals surface area contributed by atoms with Crippen molar-refractivity contribution >= 4 is 33.4 Å². The number of hydrogen-bond donors (Lipinski definition) is 1. The number of aromatic nitrogens is 1. The van der Waals surface area contributed by atoms with E-state index >= 15 is 0 Å². The van der Waals surface area contributed by atoms with E-state index in [2.05, 4.69) is 9.71 Å². The minimum Gasteiger partial charge on any atom is -0.244 e. The van der Waals surface area contributed by atoms with Crippen LogP contribution in [0, 0.1) is 0 Å². The third kappa shape index (κ3) is 3.07. The molecular weight excluding hydrogens is 268 g/mol. The molecule has 1 aromatic heterocycles. The lowest BCUT2D eigenvalue weighted by Crippen LogP contribution is -2.22. The number of fused-ring (bicyclic) bond motifs is 1. The van der Waals surface area contributed by atoms with Crippen molar-refractivity contribution in [3.8, 4) is 0 Å². The number of nitrogens with zero attached hydrogens (tertiary/aromatic N) is 1. The Balaban J connectivity index is 2.31. The summed E-state index contributed by atoms with van der Waals surface area (Å²) in [5, 5.41) is 2.58. The average molecular weight is 283 g/mol. The van der Waals surface area contributed by atoms with Crippen molar-refractivity contribution in [1.82, 2.24) is 9.71 Å². The fourth-order valence-corrected chi connectivity index (χ4v) is 2.61. The number of halogens is 1. The topological polar surface area (TPSA) is 42.0 Å². The van der Waals surface area contributed by atoms with E-state index in [1.54, 1.807) is 6.20 Å². The molecule has 0 aliphatic carbocycles. The van der Waals surface area contributed by atoms with Crippen molar-refractivity contribution in [2.45, 2.75) is 19.9 Å². The SMILES string of the molecule is CCS(=O)NC(C)c1ccc2cnc(Cl)cc2c1. The Kier molecular flexibility index (Phi) is 4.32. The monoisotopic (exact) mass is 282 g/mol. The van der Waals surface area contributed by atoms with Crippen LogP contribution in [0.5, 0.6) is 0 Å². The number of hydrogen-bond acceptors (Lipinski definition) is 2. The molecule has 0 fully saturated rings. The van der Waals surface area contributed by atoms with Gasteiger partial charge in [0.15, 0.2) is 0 Å². The first kappa shape index (κ1) is 13.5. The van der Waals surface area contributed by atoms with Gasteiger partial charge in [-0.1, -0.05) is 30.7 Å². The molecule has 0 amide bonds. The van der Waals surface area contributed by atoms with Gasteiger partial charge in [-0.3, -0.25) is 0 Å². The van der Waals surface area contributed by atoms with Crippen molar-refractivity contribution in [3.63, 3.8) is 0 Å². The number of pyridine rings is 1. The molecule has 2 unspecified atom stereocenters. The van der Waals surface area contributed by atoms with Gasteiger partial charge < -0.3 is 0 Å². The Morgan fingerprint density at radius 3 is 2.89 bits per heavy atom. The summed E-state index contributed by atoms with van der Waals surface area (Å²) in [5.74, 6) is 0.605. The van der Waals surface area contributed by atoms with Crippen LogP contribution in [-0.2, 0) is 11.0 Å². The van der Waals surface area contributed by atoms with Crippen LogP contribution in [0.2, 0.25) is 5.15 Å². The van der Waals surface area contributed by atoms with Gasteiger partial charge in [-0.05, 0) is 30.0 Å². The Hall–Kier alpha value is -0.970. The van der Waals surface area contributed by atoms with E-state index in [9.17, 15) is 4.21 Å². The molecule has 3 nitrogen and oxygen atoms in total. The lowest BCUT2D eigenvalue weighted by molar-refractivity contribution is 0.652. The third-order valence-corrected chi connectivity index (χ3v) is 4.13. The van der Waals surface area contributed by atoms with Crippen molar-refractivity contribution < 1.29 is 4.21 Å². The third-order valence-electron chi connectivity index (χ3n) is 2.78. The van der Waals surface area contributed by atoms with E-state index in [4.69, 9.17) is 11.6 Å². The molecule has 2 aromatic rings. The second-order valence-electron chi connectivity index (χ2n) is 4.09. The fraction of sp³-hybridized carbons (Fsp3) is 0.308. The summed E-state index contributed by atoms with van der Waals surface area (Å²) < 4.78 is 14.5. The first-order valence-electron chi connectivity index (χ1n) is 5.80. The van der Waals surface area contributed by atoms with Crippen molar-refractivity contribution in [1.29, 1.82) is 0 Å². The molecule has 0 aliphatic rings. The van der Waals surface area contributed by atoms with Crippen LogP contribution in [-0.4, -0.2) is 14.9 Å². The van der Waals surface area contributed by atoms with Crippen LogP contribution in [0.25, 0.3) is 10.8 Å². The maximum atomic E-state index is 11.5. The summed E-state index contributed by atoms with van der Waals surface area (Å²) in [7, 11) is -0.984. The number of benzene rings is 1. The van der Waals surface area contributed by atoms with Gasteiger partial charge in [0.25, 0.3) is 0 Å². The minimum atomic E-state index is -0.984. The molecule has 0 bridgehead atoms. The average Bonchev–Trinajstić information content (AvgIpc) is 2.37. The Labute approximate surface area is 114 Å². The van der Waals surface area contributed by atoms with Crippen LogP contribution in [0.1, 0.15) is 25.5 Å². The van der Waals surface area contributed by atoms with Gasteiger partial charge in [-0.25, -0.2) is 13.9 Å². The van der Waals surface area contributed by atoms with Gasteiger partial charge in [0.2, 0.25) is 0 Å². The molecule has 1 heterocycles. The largest absolute Gasteiger partial charge is 0.244 e. The normalized spacial score (nSPS) is 14.6. The molecule has 0 spiro atoms. The highest BCUT2D eigenvalue weighted by Crippen LogP contribution is 2.22. The van der Waals surface area contributed by atoms with E-state index in [1.807, 2.05) is 38.1 Å². The quantitative estimate of drug-likeness (QED) is 0.875. The van der Waals surface area contributed by atoms with E-state index in [0.717, 1.165) is 16.3 Å². The minimum absolute atomic E-state index is 0.0436. The zero-order valence-corrected chi connectivity index (χ0v) is 11.9.